The van der Waals surface area contributed by atoms with Gasteiger partial charge in [-0.15, -0.1) is 0 Å². The molecule has 0 fully saturated rings. The Balaban J connectivity index is 2.21. The SMILES string of the molecule is C=C(O)CCC[C@H](O)/C=C/c1c(C(C)C)nc2c(c1-c1ccc(F)cc1)CCCN2S(=O)(=O)CC. The molecule has 0 bridgehead atoms. The molecule has 0 spiro atoms. The van der Waals surface area contributed by atoms with Crippen molar-refractivity contribution >= 4 is 21.9 Å². The lowest BCUT2D eigenvalue weighted by atomic mass is 9.87. The van der Waals surface area contributed by atoms with Crippen LogP contribution in [0.15, 0.2) is 42.7 Å². The van der Waals surface area contributed by atoms with Gasteiger partial charge >= 0.3 is 0 Å². The van der Waals surface area contributed by atoms with Crippen LogP contribution in [0.25, 0.3) is 17.2 Å². The molecule has 35 heavy (non-hydrogen) atoms. The first-order valence-electron chi connectivity index (χ1n) is 12.1. The molecule has 2 heterocycles. The maximum atomic E-state index is 13.8. The summed E-state index contributed by atoms with van der Waals surface area (Å²) in [5, 5.41) is 19.8. The fraction of sp³-hybridized carbons (Fsp3) is 0.444. The molecule has 0 aliphatic carbocycles. The van der Waals surface area contributed by atoms with Crippen LogP contribution in [-0.4, -0.2) is 42.0 Å². The first-order valence-corrected chi connectivity index (χ1v) is 13.7. The van der Waals surface area contributed by atoms with E-state index in [1.165, 1.54) is 16.4 Å². The van der Waals surface area contributed by atoms with Gasteiger partial charge in [0.1, 0.15) is 11.6 Å². The number of rotatable bonds is 10. The first kappa shape index (κ1) is 26.9. The van der Waals surface area contributed by atoms with E-state index >= 15 is 0 Å². The number of fused-ring (bicyclic) bond motifs is 1. The van der Waals surface area contributed by atoms with Gasteiger partial charge in [0, 0.05) is 24.1 Å². The Kier molecular flexibility index (Phi) is 8.72. The van der Waals surface area contributed by atoms with E-state index in [4.69, 9.17) is 4.98 Å². The smallest absolute Gasteiger partial charge is 0.236 e. The maximum absolute atomic E-state index is 13.8. The molecule has 0 saturated carbocycles. The number of hydrogen-bond acceptors (Lipinski definition) is 5. The number of sulfonamides is 1. The highest BCUT2D eigenvalue weighted by Crippen LogP contribution is 2.41. The predicted molar refractivity (Wildman–Crippen MR) is 140 cm³/mol. The zero-order chi connectivity index (χ0) is 25.8. The molecule has 2 aromatic rings. The number of hydrogen-bond donors (Lipinski definition) is 2. The van der Waals surface area contributed by atoms with Crippen LogP contribution in [0.3, 0.4) is 0 Å². The Labute approximate surface area is 207 Å². The van der Waals surface area contributed by atoms with Crippen LogP contribution in [0.1, 0.15) is 69.2 Å². The van der Waals surface area contributed by atoms with Gasteiger partial charge in [0.25, 0.3) is 0 Å². The normalized spacial score (nSPS) is 15.0. The molecule has 2 N–H and O–H groups in total. The van der Waals surface area contributed by atoms with Gasteiger partial charge in [-0.05, 0) is 61.8 Å². The minimum absolute atomic E-state index is 0.0227. The third-order valence-corrected chi connectivity index (χ3v) is 7.95. The van der Waals surface area contributed by atoms with E-state index in [0.29, 0.717) is 50.2 Å². The number of aliphatic hydroxyl groups excluding tert-OH is 2. The fourth-order valence-corrected chi connectivity index (χ4v) is 5.53. The van der Waals surface area contributed by atoms with Gasteiger partial charge < -0.3 is 10.2 Å². The van der Waals surface area contributed by atoms with Crippen molar-refractivity contribution in [3.8, 4) is 11.1 Å². The van der Waals surface area contributed by atoms with E-state index < -0.39 is 16.1 Å². The summed E-state index contributed by atoms with van der Waals surface area (Å²) in [7, 11) is -3.51. The van der Waals surface area contributed by atoms with Crippen LogP contribution in [-0.2, 0) is 16.4 Å². The highest BCUT2D eigenvalue weighted by Gasteiger charge is 2.32. The standard InChI is InChI=1S/C27H35FN2O4S/c1-5-35(33,34)30-17-7-10-24-25(20-11-13-21(28)14-12-20)23(26(18(2)3)29-27(24)30)16-15-22(32)9-6-8-19(4)31/h11-16,18,22,31-32H,4-10,17H2,1-3H3/b16-15+/t22-/m0/s1. The zero-order valence-electron chi connectivity index (χ0n) is 20.7. The fourth-order valence-electron chi connectivity index (χ4n) is 4.39. The highest BCUT2D eigenvalue weighted by molar-refractivity contribution is 7.92. The van der Waals surface area contributed by atoms with Crippen molar-refractivity contribution in [1.82, 2.24) is 4.98 Å². The summed E-state index contributed by atoms with van der Waals surface area (Å²) >= 11 is 0. The van der Waals surface area contributed by atoms with Crippen molar-refractivity contribution in [2.45, 2.75) is 64.9 Å². The summed E-state index contributed by atoms with van der Waals surface area (Å²) in [6.45, 7) is 9.45. The van der Waals surface area contributed by atoms with Gasteiger partial charge in [-0.2, -0.15) is 0 Å². The first-order chi connectivity index (χ1) is 16.5. The van der Waals surface area contributed by atoms with E-state index in [-0.39, 0.29) is 23.2 Å². The third kappa shape index (κ3) is 6.30. The predicted octanol–water partition coefficient (Wildman–Crippen LogP) is 5.73. The summed E-state index contributed by atoms with van der Waals surface area (Å²) in [6.07, 6.45) is 5.58. The van der Waals surface area contributed by atoms with E-state index in [2.05, 4.69) is 6.58 Å². The number of anilines is 1. The minimum Gasteiger partial charge on any atom is -0.513 e. The molecule has 0 unspecified atom stereocenters. The van der Waals surface area contributed by atoms with Gasteiger partial charge in [0.2, 0.25) is 10.0 Å². The lowest BCUT2D eigenvalue weighted by Gasteiger charge is -2.32. The minimum atomic E-state index is -3.51. The van der Waals surface area contributed by atoms with Gasteiger partial charge in [-0.3, -0.25) is 4.31 Å². The van der Waals surface area contributed by atoms with E-state index in [0.717, 1.165) is 22.3 Å². The van der Waals surface area contributed by atoms with Crippen LogP contribution in [0.5, 0.6) is 0 Å². The van der Waals surface area contributed by atoms with Crippen molar-refractivity contribution in [3.05, 3.63) is 65.3 Å². The molecular weight excluding hydrogens is 467 g/mol. The zero-order valence-corrected chi connectivity index (χ0v) is 21.5. The molecule has 1 aliphatic rings. The Morgan fingerprint density at radius 3 is 2.57 bits per heavy atom. The number of pyridine rings is 1. The molecule has 1 atom stereocenters. The van der Waals surface area contributed by atoms with Crippen LogP contribution in [0.2, 0.25) is 0 Å². The molecule has 8 heteroatoms. The molecule has 0 radical (unpaired) electrons. The largest absolute Gasteiger partial charge is 0.513 e. The van der Waals surface area contributed by atoms with E-state index in [1.54, 1.807) is 25.1 Å². The van der Waals surface area contributed by atoms with Gasteiger partial charge in [0.05, 0.1) is 23.3 Å². The Bertz CT molecular complexity index is 1190. The second kappa shape index (κ2) is 11.4. The summed E-state index contributed by atoms with van der Waals surface area (Å²) < 4.78 is 41.0. The molecular formula is C27H35FN2O4S. The van der Waals surface area contributed by atoms with Crippen LogP contribution < -0.4 is 4.31 Å². The highest BCUT2D eigenvalue weighted by atomic mass is 32.2. The molecule has 3 rings (SSSR count). The van der Waals surface area contributed by atoms with Crippen molar-refractivity contribution < 1.29 is 23.0 Å². The summed E-state index contributed by atoms with van der Waals surface area (Å²) in [4.78, 5) is 4.87. The lowest BCUT2D eigenvalue weighted by molar-refractivity contribution is 0.208. The number of aromatic nitrogens is 1. The Hall–Kier alpha value is -2.71. The average Bonchev–Trinajstić information content (AvgIpc) is 2.81. The molecule has 1 aromatic carbocycles. The molecule has 0 saturated heterocycles. The topological polar surface area (TPSA) is 90.7 Å². The van der Waals surface area contributed by atoms with Gasteiger partial charge in [0.15, 0.2) is 0 Å². The van der Waals surface area contributed by atoms with Crippen molar-refractivity contribution in [2.24, 2.45) is 0 Å². The molecule has 190 valence electrons. The van der Waals surface area contributed by atoms with Crippen molar-refractivity contribution in [1.29, 1.82) is 0 Å². The quantitative estimate of drug-likeness (QED) is 0.405. The average molecular weight is 503 g/mol. The van der Waals surface area contributed by atoms with Crippen LogP contribution in [0, 0.1) is 5.82 Å². The molecule has 1 aromatic heterocycles. The van der Waals surface area contributed by atoms with Crippen LogP contribution >= 0.6 is 0 Å². The van der Waals surface area contributed by atoms with Gasteiger partial charge in [-0.25, -0.2) is 17.8 Å². The van der Waals surface area contributed by atoms with Gasteiger partial charge in [-0.1, -0.05) is 44.7 Å². The Morgan fingerprint density at radius 1 is 1.29 bits per heavy atom. The lowest BCUT2D eigenvalue weighted by Crippen LogP contribution is -2.38. The second-order valence-electron chi connectivity index (χ2n) is 9.21. The number of nitrogens with zero attached hydrogens (tertiary/aromatic N) is 2. The number of allylic oxidation sites excluding steroid dienone is 1. The maximum Gasteiger partial charge on any atom is 0.236 e. The van der Waals surface area contributed by atoms with Crippen LogP contribution in [0.4, 0.5) is 10.2 Å². The summed E-state index contributed by atoms with van der Waals surface area (Å²) in [5.41, 5.74) is 3.92. The van der Waals surface area contributed by atoms with E-state index in [9.17, 15) is 23.0 Å². The monoisotopic (exact) mass is 502 g/mol. The molecule has 0 amide bonds. The number of halogens is 1. The van der Waals surface area contributed by atoms with Crippen molar-refractivity contribution in [2.75, 3.05) is 16.6 Å². The number of aliphatic hydroxyl groups is 2. The number of benzene rings is 1. The second-order valence-corrected chi connectivity index (χ2v) is 11.4. The third-order valence-electron chi connectivity index (χ3n) is 6.20. The summed E-state index contributed by atoms with van der Waals surface area (Å²) in [6, 6.07) is 6.18. The Morgan fingerprint density at radius 2 is 1.97 bits per heavy atom. The summed E-state index contributed by atoms with van der Waals surface area (Å²) in [5.74, 6) is 0.133. The molecule has 6 nitrogen and oxygen atoms in total. The van der Waals surface area contributed by atoms with E-state index in [1.807, 2.05) is 19.9 Å². The molecule has 1 aliphatic heterocycles. The van der Waals surface area contributed by atoms with Crippen molar-refractivity contribution in [3.63, 3.8) is 0 Å².